The van der Waals surface area contributed by atoms with Crippen molar-refractivity contribution < 1.29 is 32.5 Å². The van der Waals surface area contributed by atoms with E-state index in [1.807, 2.05) is 0 Å². The molecule has 23 heavy (non-hydrogen) atoms. The average molecular weight is 364 g/mol. The Morgan fingerprint density at radius 3 is 2.65 bits per heavy atom. The van der Waals surface area contributed by atoms with Gasteiger partial charge in [-0.3, -0.25) is 14.7 Å². The van der Waals surface area contributed by atoms with Crippen molar-refractivity contribution >= 4 is 33.7 Å². The Balaban J connectivity index is 2.64. The van der Waals surface area contributed by atoms with E-state index in [4.69, 9.17) is 11.0 Å². The second kappa shape index (κ2) is 6.49. The Hall–Kier alpha value is -2.23. The zero-order valence-corrected chi connectivity index (χ0v) is 12.5. The summed E-state index contributed by atoms with van der Waals surface area (Å²) in [5.74, 6) is -0.443. The Morgan fingerprint density at radius 2 is 2.13 bits per heavy atom. The Morgan fingerprint density at radius 1 is 1.43 bits per heavy atom. The Bertz CT molecular complexity index is 849. The van der Waals surface area contributed by atoms with Crippen LogP contribution < -0.4 is 5.73 Å². The second-order valence-electron chi connectivity index (χ2n) is 3.91. The van der Waals surface area contributed by atoms with Gasteiger partial charge >= 0.3 is 5.69 Å². The van der Waals surface area contributed by atoms with Crippen LogP contribution in [-0.4, -0.2) is 32.9 Å². The zero-order chi connectivity index (χ0) is 17.2. The first-order valence-electron chi connectivity index (χ1n) is 5.50. The summed E-state index contributed by atoms with van der Waals surface area (Å²) in [5.41, 5.74) is 4.78. The maximum atomic E-state index is 11.4. The van der Waals surface area contributed by atoms with E-state index >= 15 is 0 Å². The van der Waals surface area contributed by atoms with Crippen LogP contribution in [0, 0.1) is 10.1 Å². The molecule has 1 aromatic carbocycles. The summed E-state index contributed by atoms with van der Waals surface area (Å²) in [7, 11) is -4.66. The van der Waals surface area contributed by atoms with Gasteiger partial charge in [-0.2, -0.15) is 13.5 Å². The van der Waals surface area contributed by atoms with Crippen molar-refractivity contribution in [1.82, 2.24) is 9.78 Å². The summed E-state index contributed by atoms with van der Waals surface area (Å²) < 4.78 is 37.1. The molecule has 4 N–H and O–H groups in total. The van der Waals surface area contributed by atoms with Crippen LogP contribution in [-0.2, 0) is 19.5 Å². The van der Waals surface area contributed by atoms with Crippen LogP contribution in [0.1, 0.15) is 0 Å². The minimum atomic E-state index is -4.66. The van der Waals surface area contributed by atoms with Crippen molar-refractivity contribution in [3.8, 4) is 5.69 Å². The van der Waals surface area contributed by atoms with Gasteiger partial charge in [0.2, 0.25) is 5.82 Å². The SMILES string of the molecule is Nc1c([N+](=O)[O-])cnn1-c1cc(SOOO)ccc1S(=O)(=O)O. The minimum absolute atomic E-state index is 0.221. The first kappa shape index (κ1) is 17.1. The lowest BCUT2D eigenvalue weighted by molar-refractivity contribution is -0.432. The summed E-state index contributed by atoms with van der Waals surface area (Å²) >= 11 is 0.503. The van der Waals surface area contributed by atoms with Crippen LogP contribution in [0.25, 0.3) is 5.69 Å². The van der Waals surface area contributed by atoms with Gasteiger partial charge in [-0.15, -0.1) is 4.33 Å². The van der Waals surface area contributed by atoms with E-state index in [2.05, 4.69) is 14.5 Å². The molecule has 1 heterocycles. The maximum absolute atomic E-state index is 11.4. The predicted molar refractivity (Wildman–Crippen MR) is 75.1 cm³/mol. The number of hydrogen-bond donors (Lipinski definition) is 3. The van der Waals surface area contributed by atoms with Crippen LogP contribution in [0.5, 0.6) is 0 Å². The molecule has 124 valence electrons. The second-order valence-corrected chi connectivity index (χ2v) is 6.08. The van der Waals surface area contributed by atoms with E-state index in [1.165, 1.54) is 6.07 Å². The number of nitro groups is 1. The minimum Gasteiger partial charge on any atom is -0.378 e. The number of nitrogens with two attached hydrogens (primary N) is 1. The molecular formula is C9H8N4O8S2. The third-order valence-corrected chi connectivity index (χ3v) is 4.06. The number of rotatable bonds is 6. The predicted octanol–water partition coefficient (Wildman–Crippen LogP) is 1.04. The molecule has 0 atom stereocenters. The number of hydrogen-bond acceptors (Lipinski definition) is 10. The molecule has 0 bridgehead atoms. The van der Waals surface area contributed by atoms with Gasteiger partial charge in [0.1, 0.15) is 11.1 Å². The van der Waals surface area contributed by atoms with Gasteiger partial charge in [-0.1, -0.05) is 5.04 Å². The highest BCUT2D eigenvalue weighted by atomic mass is 32.2. The molecule has 2 aromatic rings. The molecule has 0 aliphatic heterocycles. The number of anilines is 1. The van der Waals surface area contributed by atoms with Gasteiger partial charge in [-0.25, -0.2) is 9.94 Å². The summed E-state index contributed by atoms with van der Waals surface area (Å²) in [5, 5.41) is 26.0. The highest BCUT2D eigenvalue weighted by Crippen LogP contribution is 2.31. The van der Waals surface area contributed by atoms with E-state index in [0.717, 1.165) is 23.0 Å². The molecule has 0 aliphatic rings. The lowest BCUT2D eigenvalue weighted by Crippen LogP contribution is -2.09. The van der Waals surface area contributed by atoms with Crippen LogP contribution >= 0.6 is 12.0 Å². The van der Waals surface area contributed by atoms with Crippen molar-refractivity contribution in [2.75, 3.05) is 5.73 Å². The molecule has 14 heteroatoms. The monoisotopic (exact) mass is 364 g/mol. The van der Waals surface area contributed by atoms with Gasteiger partial charge in [0.05, 0.1) is 22.7 Å². The zero-order valence-electron chi connectivity index (χ0n) is 10.9. The summed E-state index contributed by atoms with van der Waals surface area (Å²) in [6, 6.07) is 3.38. The normalized spacial score (nSPS) is 11.6. The molecule has 0 aliphatic carbocycles. The number of aromatic nitrogens is 2. The molecule has 2 rings (SSSR count). The molecule has 1 aromatic heterocycles. The lowest BCUT2D eigenvalue weighted by atomic mass is 10.3. The lowest BCUT2D eigenvalue weighted by Gasteiger charge is -2.10. The third kappa shape index (κ3) is 3.58. The molecule has 0 saturated carbocycles. The topological polar surface area (TPSA) is 180 Å². The average Bonchev–Trinajstić information content (AvgIpc) is 2.85. The van der Waals surface area contributed by atoms with E-state index in [0.29, 0.717) is 12.0 Å². The van der Waals surface area contributed by atoms with E-state index in [-0.39, 0.29) is 10.6 Å². The third-order valence-electron chi connectivity index (χ3n) is 2.58. The summed E-state index contributed by atoms with van der Waals surface area (Å²) in [6.45, 7) is 0. The van der Waals surface area contributed by atoms with Gasteiger partial charge in [0.25, 0.3) is 10.1 Å². The fraction of sp³-hybridized carbons (Fsp3) is 0. The van der Waals surface area contributed by atoms with Gasteiger partial charge in [-0.05, 0) is 18.2 Å². The molecule has 0 unspecified atom stereocenters. The number of nitrogen functional groups attached to an aromatic ring is 1. The quantitative estimate of drug-likeness (QED) is 0.219. The number of benzene rings is 1. The molecule has 0 saturated heterocycles. The van der Waals surface area contributed by atoms with E-state index in [1.54, 1.807) is 0 Å². The molecule has 0 fully saturated rings. The van der Waals surface area contributed by atoms with Gasteiger partial charge in [0, 0.05) is 4.90 Å². The van der Waals surface area contributed by atoms with Crippen molar-refractivity contribution in [2.45, 2.75) is 9.79 Å². The van der Waals surface area contributed by atoms with Gasteiger partial charge < -0.3 is 5.73 Å². The van der Waals surface area contributed by atoms with Crippen molar-refractivity contribution in [3.05, 3.63) is 34.5 Å². The number of nitrogens with zero attached hydrogens (tertiary/aromatic N) is 3. The summed E-state index contributed by atoms with van der Waals surface area (Å²) in [4.78, 5) is 9.63. The Kier molecular flexibility index (Phi) is 4.83. The van der Waals surface area contributed by atoms with Crippen LogP contribution in [0.15, 0.2) is 34.2 Å². The fourth-order valence-corrected chi connectivity index (χ4v) is 2.71. The van der Waals surface area contributed by atoms with Crippen LogP contribution in [0.3, 0.4) is 0 Å². The van der Waals surface area contributed by atoms with Crippen LogP contribution in [0.4, 0.5) is 11.5 Å². The van der Waals surface area contributed by atoms with Crippen molar-refractivity contribution in [2.24, 2.45) is 0 Å². The smallest absolute Gasteiger partial charge is 0.331 e. The Labute approximate surface area is 132 Å². The van der Waals surface area contributed by atoms with E-state index < -0.39 is 31.4 Å². The molecule has 0 spiro atoms. The van der Waals surface area contributed by atoms with Crippen molar-refractivity contribution in [1.29, 1.82) is 0 Å². The summed E-state index contributed by atoms with van der Waals surface area (Å²) in [6.07, 6.45) is 0.830. The molecule has 0 amide bonds. The fourth-order valence-electron chi connectivity index (χ4n) is 1.67. The van der Waals surface area contributed by atoms with Gasteiger partial charge in [0.15, 0.2) is 0 Å². The highest BCUT2D eigenvalue weighted by molar-refractivity contribution is 7.94. The molecular weight excluding hydrogens is 356 g/mol. The van der Waals surface area contributed by atoms with Crippen molar-refractivity contribution in [3.63, 3.8) is 0 Å². The highest BCUT2D eigenvalue weighted by Gasteiger charge is 2.24. The molecule has 0 radical (unpaired) electrons. The largest absolute Gasteiger partial charge is 0.378 e. The first-order chi connectivity index (χ1) is 10.8. The van der Waals surface area contributed by atoms with Crippen LogP contribution in [0.2, 0.25) is 0 Å². The maximum Gasteiger partial charge on any atom is 0.331 e. The first-order valence-corrected chi connectivity index (χ1v) is 7.68. The van der Waals surface area contributed by atoms with E-state index in [9.17, 15) is 23.1 Å². The molecule has 12 nitrogen and oxygen atoms in total. The standard InChI is InChI=1S/C9H8N4O8S2/c10-9-7(13(14)15)4-11-12(9)6-3-5(22-21-20-16)1-2-8(6)23(17,18)19/h1-4,16H,10H2,(H,17,18,19).